The number of benzene rings is 2. The molecule has 3 heteroatoms. The molecular weight excluding hydrogens is 264 g/mol. The molecule has 0 heterocycles. The minimum atomic E-state index is -0.277. The van der Waals surface area contributed by atoms with Crippen molar-refractivity contribution >= 4 is 18.1 Å². The van der Waals surface area contributed by atoms with Crippen LogP contribution in [0.3, 0.4) is 0 Å². The van der Waals surface area contributed by atoms with E-state index in [1.54, 1.807) is 20.1 Å². The summed E-state index contributed by atoms with van der Waals surface area (Å²) in [6.07, 6.45) is 4.34. The van der Waals surface area contributed by atoms with Crippen molar-refractivity contribution in [3.8, 4) is 11.5 Å². The van der Waals surface area contributed by atoms with Crippen molar-refractivity contribution in [3.63, 3.8) is 0 Å². The highest BCUT2D eigenvalue weighted by atomic mass is 16.6. The molecule has 0 aliphatic heterocycles. The lowest BCUT2D eigenvalue weighted by Gasteiger charge is -2.09. The first-order chi connectivity index (χ1) is 10.2. The third-order valence-electron chi connectivity index (χ3n) is 2.97. The lowest BCUT2D eigenvalue weighted by atomic mass is 10.1. The van der Waals surface area contributed by atoms with E-state index in [9.17, 15) is 4.79 Å². The molecule has 0 atom stereocenters. The first-order valence-electron chi connectivity index (χ1n) is 6.84. The number of hydrogen-bond donors (Lipinski definition) is 0. The maximum absolute atomic E-state index is 11.4. The molecule has 0 aliphatic carbocycles. The Morgan fingerprint density at radius 2 is 1.71 bits per heavy atom. The van der Waals surface area contributed by atoms with Crippen molar-refractivity contribution < 1.29 is 14.3 Å². The quantitative estimate of drug-likeness (QED) is 0.469. The number of hydrogen-bond acceptors (Lipinski definition) is 3. The second-order valence-corrected chi connectivity index (χ2v) is 4.48. The zero-order valence-corrected chi connectivity index (χ0v) is 12.2. The van der Waals surface area contributed by atoms with E-state index in [0.29, 0.717) is 17.9 Å². The van der Waals surface area contributed by atoms with Gasteiger partial charge in [0.25, 0.3) is 0 Å². The Morgan fingerprint density at radius 3 is 2.38 bits per heavy atom. The van der Waals surface area contributed by atoms with E-state index in [2.05, 4.69) is 0 Å². The minimum Gasteiger partial charge on any atom is -0.493 e. The van der Waals surface area contributed by atoms with Gasteiger partial charge in [-0.05, 0) is 23.3 Å². The fourth-order valence-corrected chi connectivity index (χ4v) is 1.82. The summed E-state index contributed by atoms with van der Waals surface area (Å²) < 4.78 is 10.5. The summed E-state index contributed by atoms with van der Waals surface area (Å²) in [4.78, 5) is 11.4. The number of carbonyl (C=O) groups excluding carboxylic acids is 1. The predicted octanol–water partition coefficient (Wildman–Crippen LogP) is 4.18. The topological polar surface area (TPSA) is 35.5 Å². The standard InChI is InChI=1S/C18H18O3/c1-3-18(19)21-16-12-11-15(13-17(16)20-2)10-9-14-7-5-4-6-8-14/h4-13H,3H2,1-2H3. The Morgan fingerprint density at radius 1 is 1.00 bits per heavy atom. The Hall–Kier alpha value is -2.55. The lowest BCUT2D eigenvalue weighted by Crippen LogP contribution is -2.06. The summed E-state index contributed by atoms with van der Waals surface area (Å²) in [5.74, 6) is 0.717. The average molecular weight is 282 g/mol. The Kier molecular flexibility index (Phi) is 5.16. The monoisotopic (exact) mass is 282 g/mol. The third kappa shape index (κ3) is 4.21. The normalized spacial score (nSPS) is 10.6. The summed E-state index contributed by atoms with van der Waals surface area (Å²) >= 11 is 0. The van der Waals surface area contributed by atoms with Gasteiger partial charge in [0.1, 0.15) is 0 Å². The number of methoxy groups -OCH3 is 1. The Balaban J connectivity index is 2.19. The van der Waals surface area contributed by atoms with Crippen LogP contribution in [0, 0.1) is 0 Å². The summed E-state index contributed by atoms with van der Waals surface area (Å²) in [5, 5.41) is 0. The van der Waals surface area contributed by atoms with Crippen LogP contribution in [-0.2, 0) is 4.79 Å². The van der Waals surface area contributed by atoms with E-state index in [0.717, 1.165) is 11.1 Å². The molecule has 0 spiro atoms. The van der Waals surface area contributed by atoms with Crippen LogP contribution in [0.5, 0.6) is 11.5 Å². The van der Waals surface area contributed by atoms with Gasteiger partial charge < -0.3 is 9.47 Å². The van der Waals surface area contributed by atoms with Gasteiger partial charge in [-0.25, -0.2) is 0 Å². The number of rotatable bonds is 5. The average Bonchev–Trinajstić information content (AvgIpc) is 2.54. The zero-order valence-electron chi connectivity index (χ0n) is 12.2. The SMILES string of the molecule is CCC(=O)Oc1ccc(C=Cc2ccccc2)cc1OC. The molecule has 2 aromatic rings. The van der Waals surface area contributed by atoms with Crippen LogP contribution in [-0.4, -0.2) is 13.1 Å². The first-order valence-corrected chi connectivity index (χ1v) is 6.84. The molecule has 2 rings (SSSR count). The molecule has 0 N–H and O–H groups in total. The Bertz CT molecular complexity index is 630. The van der Waals surface area contributed by atoms with Gasteiger partial charge in [0.2, 0.25) is 0 Å². The molecule has 0 radical (unpaired) electrons. The molecule has 3 nitrogen and oxygen atoms in total. The highest BCUT2D eigenvalue weighted by molar-refractivity contribution is 5.74. The molecule has 0 fully saturated rings. The van der Waals surface area contributed by atoms with Gasteiger partial charge in [0, 0.05) is 6.42 Å². The van der Waals surface area contributed by atoms with Crippen molar-refractivity contribution in [1.82, 2.24) is 0 Å². The van der Waals surface area contributed by atoms with Crippen LogP contribution in [0.15, 0.2) is 48.5 Å². The molecule has 2 aromatic carbocycles. The lowest BCUT2D eigenvalue weighted by molar-refractivity contribution is -0.134. The van der Waals surface area contributed by atoms with E-state index >= 15 is 0 Å². The molecule has 0 saturated heterocycles. The van der Waals surface area contributed by atoms with Crippen LogP contribution >= 0.6 is 0 Å². The number of ether oxygens (including phenoxy) is 2. The first kappa shape index (κ1) is 14.9. The van der Waals surface area contributed by atoms with E-state index in [4.69, 9.17) is 9.47 Å². The molecule has 21 heavy (non-hydrogen) atoms. The van der Waals surface area contributed by atoms with E-state index in [1.165, 1.54) is 0 Å². The molecule has 0 unspecified atom stereocenters. The summed E-state index contributed by atoms with van der Waals surface area (Å²) in [7, 11) is 1.56. The van der Waals surface area contributed by atoms with Gasteiger partial charge in [0.15, 0.2) is 11.5 Å². The highest BCUT2D eigenvalue weighted by Gasteiger charge is 2.08. The predicted molar refractivity (Wildman–Crippen MR) is 84.3 cm³/mol. The Labute approximate surface area is 124 Å². The van der Waals surface area contributed by atoms with Crippen molar-refractivity contribution in [3.05, 3.63) is 59.7 Å². The number of esters is 1. The van der Waals surface area contributed by atoms with Gasteiger partial charge >= 0.3 is 5.97 Å². The smallest absolute Gasteiger partial charge is 0.311 e. The van der Waals surface area contributed by atoms with E-state index in [1.807, 2.05) is 54.6 Å². The highest BCUT2D eigenvalue weighted by Crippen LogP contribution is 2.29. The van der Waals surface area contributed by atoms with Crippen LogP contribution in [0.1, 0.15) is 24.5 Å². The van der Waals surface area contributed by atoms with E-state index in [-0.39, 0.29) is 5.97 Å². The molecule has 0 aromatic heterocycles. The zero-order chi connectivity index (χ0) is 15.1. The van der Waals surface area contributed by atoms with Crippen LogP contribution in [0.4, 0.5) is 0 Å². The van der Waals surface area contributed by atoms with Gasteiger partial charge in [-0.2, -0.15) is 0 Å². The summed E-state index contributed by atoms with van der Waals surface area (Å²) in [6, 6.07) is 15.5. The van der Waals surface area contributed by atoms with Crippen molar-refractivity contribution in [2.24, 2.45) is 0 Å². The van der Waals surface area contributed by atoms with Gasteiger partial charge in [-0.15, -0.1) is 0 Å². The van der Waals surface area contributed by atoms with Crippen molar-refractivity contribution in [2.75, 3.05) is 7.11 Å². The largest absolute Gasteiger partial charge is 0.493 e. The maximum Gasteiger partial charge on any atom is 0.311 e. The molecule has 0 amide bonds. The van der Waals surface area contributed by atoms with Crippen molar-refractivity contribution in [1.29, 1.82) is 0 Å². The van der Waals surface area contributed by atoms with Gasteiger partial charge in [0.05, 0.1) is 7.11 Å². The van der Waals surface area contributed by atoms with Crippen LogP contribution in [0.25, 0.3) is 12.2 Å². The van der Waals surface area contributed by atoms with Gasteiger partial charge in [-0.3, -0.25) is 4.79 Å². The van der Waals surface area contributed by atoms with Gasteiger partial charge in [-0.1, -0.05) is 55.5 Å². The molecule has 0 saturated carbocycles. The minimum absolute atomic E-state index is 0.277. The molecule has 108 valence electrons. The van der Waals surface area contributed by atoms with E-state index < -0.39 is 0 Å². The fraction of sp³-hybridized carbons (Fsp3) is 0.167. The third-order valence-corrected chi connectivity index (χ3v) is 2.97. The van der Waals surface area contributed by atoms with Crippen LogP contribution < -0.4 is 9.47 Å². The summed E-state index contributed by atoms with van der Waals surface area (Å²) in [6.45, 7) is 1.76. The molecular formula is C18H18O3. The fourth-order valence-electron chi connectivity index (χ4n) is 1.82. The second-order valence-electron chi connectivity index (χ2n) is 4.48. The van der Waals surface area contributed by atoms with Crippen LogP contribution in [0.2, 0.25) is 0 Å². The van der Waals surface area contributed by atoms with Crippen molar-refractivity contribution in [2.45, 2.75) is 13.3 Å². The molecule has 0 bridgehead atoms. The number of carbonyl (C=O) groups is 1. The summed E-state index contributed by atoms with van der Waals surface area (Å²) in [5.41, 5.74) is 2.10. The molecule has 0 aliphatic rings. The maximum atomic E-state index is 11.4. The second kappa shape index (κ2) is 7.29.